The monoisotopic (exact) mass is 351 g/mol. The number of nitrogens with one attached hydrogen (secondary N) is 2. The van der Waals surface area contributed by atoms with Gasteiger partial charge in [0.1, 0.15) is 5.82 Å². The van der Waals surface area contributed by atoms with E-state index in [2.05, 4.69) is 10.6 Å². The number of amides is 3. The summed E-state index contributed by atoms with van der Waals surface area (Å²) in [6.45, 7) is 2.43. The van der Waals surface area contributed by atoms with Crippen LogP contribution in [0.2, 0.25) is 0 Å². The normalized spacial score (nSPS) is 15.0. The Hall–Kier alpha value is -2.15. The number of benzene rings is 1. The number of hydrogen-bond donors (Lipinski definition) is 2. The number of nitrogens with zero attached hydrogens (tertiary/aromatic N) is 1. The molecule has 25 heavy (non-hydrogen) atoms. The van der Waals surface area contributed by atoms with Crippen LogP contribution in [0.4, 0.5) is 14.9 Å². The summed E-state index contributed by atoms with van der Waals surface area (Å²) >= 11 is 0. The number of methoxy groups -OCH3 is 1. The Balaban J connectivity index is 1.65. The lowest BCUT2D eigenvalue weighted by molar-refractivity contribution is -0.122. The minimum Gasteiger partial charge on any atom is -0.384 e. The summed E-state index contributed by atoms with van der Waals surface area (Å²) in [5.74, 6) is 0.138. The van der Waals surface area contributed by atoms with E-state index in [1.807, 2.05) is 0 Å². The minimum absolute atomic E-state index is 0.00811. The minimum atomic E-state index is -0.371. The standard InChI is InChI=1S/C18H26FN3O3/c1-25-12-8-17(23)20-9-5-14-6-10-22(11-7-14)18(24)21-16-4-2-3-15(19)13-16/h2-4,13-14H,5-12H2,1H3,(H,20,23)(H,21,24). The molecule has 1 aromatic carbocycles. The zero-order valence-corrected chi connectivity index (χ0v) is 14.6. The topological polar surface area (TPSA) is 70.7 Å². The molecule has 0 spiro atoms. The van der Waals surface area contributed by atoms with Crippen molar-refractivity contribution in [2.24, 2.45) is 5.92 Å². The van der Waals surface area contributed by atoms with Gasteiger partial charge in [0.15, 0.2) is 0 Å². The van der Waals surface area contributed by atoms with Gasteiger partial charge in [0.05, 0.1) is 6.61 Å². The molecule has 0 aliphatic carbocycles. The summed E-state index contributed by atoms with van der Waals surface area (Å²) in [7, 11) is 1.57. The van der Waals surface area contributed by atoms with Gasteiger partial charge in [-0.1, -0.05) is 6.07 Å². The van der Waals surface area contributed by atoms with Gasteiger partial charge in [0.25, 0.3) is 0 Å². The second kappa shape index (κ2) is 9.98. The Morgan fingerprint density at radius 3 is 2.76 bits per heavy atom. The molecular formula is C18H26FN3O3. The third-order valence-electron chi connectivity index (χ3n) is 4.39. The molecule has 1 aromatic rings. The van der Waals surface area contributed by atoms with Crippen molar-refractivity contribution in [2.45, 2.75) is 25.7 Å². The number of ether oxygens (including phenoxy) is 1. The van der Waals surface area contributed by atoms with E-state index in [1.165, 1.54) is 12.1 Å². The summed E-state index contributed by atoms with van der Waals surface area (Å²) in [6, 6.07) is 5.68. The molecule has 0 aromatic heterocycles. The highest BCUT2D eigenvalue weighted by Crippen LogP contribution is 2.21. The number of carbonyl (C=O) groups is 2. The first-order valence-corrected chi connectivity index (χ1v) is 8.65. The van der Waals surface area contributed by atoms with Gasteiger partial charge in [-0.3, -0.25) is 4.79 Å². The number of halogens is 1. The molecule has 7 heteroatoms. The summed E-state index contributed by atoms with van der Waals surface area (Å²) in [5.41, 5.74) is 0.464. The Labute approximate surface area is 147 Å². The van der Waals surface area contributed by atoms with Crippen LogP contribution in [-0.2, 0) is 9.53 Å². The first-order valence-electron chi connectivity index (χ1n) is 8.65. The van der Waals surface area contributed by atoms with Gasteiger partial charge in [0.2, 0.25) is 5.91 Å². The van der Waals surface area contributed by atoms with E-state index in [1.54, 1.807) is 24.1 Å². The van der Waals surface area contributed by atoms with Crippen molar-refractivity contribution in [1.82, 2.24) is 10.2 Å². The molecule has 1 saturated heterocycles. The highest BCUT2D eigenvalue weighted by atomic mass is 19.1. The van der Waals surface area contributed by atoms with E-state index in [-0.39, 0.29) is 17.8 Å². The Bertz CT molecular complexity index is 574. The smallest absolute Gasteiger partial charge is 0.321 e. The van der Waals surface area contributed by atoms with Gasteiger partial charge in [-0.15, -0.1) is 0 Å². The zero-order chi connectivity index (χ0) is 18.1. The van der Waals surface area contributed by atoms with Crippen molar-refractivity contribution in [1.29, 1.82) is 0 Å². The Morgan fingerprint density at radius 2 is 2.08 bits per heavy atom. The fourth-order valence-corrected chi connectivity index (χ4v) is 2.89. The summed E-state index contributed by atoms with van der Waals surface area (Å²) < 4.78 is 18.0. The van der Waals surface area contributed by atoms with Gasteiger partial charge < -0.3 is 20.3 Å². The molecule has 2 rings (SSSR count). The SMILES string of the molecule is COCCC(=O)NCCC1CCN(C(=O)Nc2cccc(F)c2)CC1. The molecule has 0 bridgehead atoms. The van der Waals surface area contributed by atoms with E-state index in [0.29, 0.717) is 44.3 Å². The largest absolute Gasteiger partial charge is 0.384 e. The molecule has 0 atom stereocenters. The number of rotatable bonds is 7. The van der Waals surface area contributed by atoms with Crippen LogP contribution in [0.15, 0.2) is 24.3 Å². The van der Waals surface area contributed by atoms with Gasteiger partial charge >= 0.3 is 6.03 Å². The quantitative estimate of drug-likeness (QED) is 0.793. The van der Waals surface area contributed by atoms with Crippen LogP contribution in [0, 0.1) is 11.7 Å². The third-order valence-corrected chi connectivity index (χ3v) is 4.39. The molecule has 2 N–H and O–H groups in total. The van der Waals surface area contributed by atoms with Gasteiger partial charge in [-0.05, 0) is 43.4 Å². The maximum Gasteiger partial charge on any atom is 0.321 e. The molecular weight excluding hydrogens is 325 g/mol. The van der Waals surface area contributed by atoms with Crippen molar-refractivity contribution in [3.8, 4) is 0 Å². The predicted octanol–water partition coefficient (Wildman–Crippen LogP) is 2.61. The van der Waals surface area contributed by atoms with Crippen molar-refractivity contribution in [3.05, 3.63) is 30.1 Å². The van der Waals surface area contributed by atoms with Crippen molar-refractivity contribution in [3.63, 3.8) is 0 Å². The predicted molar refractivity (Wildman–Crippen MR) is 93.8 cm³/mol. The first-order chi connectivity index (χ1) is 12.1. The average Bonchev–Trinajstić information content (AvgIpc) is 2.60. The second-order valence-electron chi connectivity index (χ2n) is 6.25. The molecule has 1 heterocycles. The lowest BCUT2D eigenvalue weighted by atomic mass is 9.93. The van der Waals surface area contributed by atoms with Crippen LogP contribution in [0.1, 0.15) is 25.7 Å². The van der Waals surface area contributed by atoms with Crippen LogP contribution in [0.25, 0.3) is 0 Å². The lowest BCUT2D eigenvalue weighted by Gasteiger charge is -2.32. The summed E-state index contributed by atoms with van der Waals surface area (Å²) in [6.07, 6.45) is 3.11. The maximum absolute atomic E-state index is 13.2. The molecule has 3 amide bonds. The summed E-state index contributed by atoms with van der Waals surface area (Å²) in [5, 5.41) is 5.61. The lowest BCUT2D eigenvalue weighted by Crippen LogP contribution is -2.41. The molecule has 138 valence electrons. The fourth-order valence-electron chi connectivity index (χ4n) is 2.89. The van der Waals surface area contributed by atoms with E-state index in [4.69, 9.17) is 4.74 Å². The third kappa shape index (κ3) is 6.70. The average molecular weight is 351 g/mol. The molecule has 1 fully saturated rings. The molecule has 0 unspecified atom stereocenters. The number of carbonyl (C=O) groups excluding carboxylic acids is 2. The van der Waals surface area contributed by atoms with E-state index >= 15 is 0 Å². The molecule has 6 nitrogen and oxygen atoms in total. The Morgan fingerprint density at radius 1 is 1.32 bits per heavy atom. The highest BCUT2D eigenvalue weighted by Gasteiger charge is 2.22. The van der Waals surface area contributed by atoms with Crippen molar-refractivity contribution >= 4 is 17.6 Å². The first kappa shape index (κ1) is 19.2. The Kier molecular flexibility index (Phi) is 7.66. The molecule has 0 radical (unpaired) electrons. The highest BCUT2D eigenvalue weighted by molar-refractivity contribution is 5.89. The van der Waals surface area contributed by atoms with E-state index in [0.717, 1.165) is 19.3 Å². The number of hydrogen-bond acceptors (Lipinski definition) is 3. The molecule has 1 aliphatic rings. The van der Waals surface area contributed by atoms with Crippen LogP contribution in [0.5, 0.6) is 0 Å². The van der Waals surface area contributed by atoms with Gasteiger partial charge in [0, 0.05) is 38.9 Å². The number of likely N-dealkylation sites (tertiary alicyclic amines) is 1. The fraction of sp³-hybridized carbons (Fsp3) is 0.556. The molecule has 1 aliphatic heterocycles. The van der Waals surface area contributed by atoms with Gasteiger partial charge in [-0.2, -0.15) is 0 Å². The van der Waals surface area contributed by atoms with Crippen LogP contribution in [-0.4, -0.2) is 50.2 Å². The van der Waals surface area contributed by atoms with Crippen molar-refractivity contribution < 1.29 is 18.7 Å². The molecule has 0 saturated carbocycles. The second-order valence-corrected chi connectivity index (χ2v) is 6.25. The van der Waals surface area contributed by atoms with Crippen LogP contribution < -0.4 is 10.6 Å². The number of anilines is 1. The van der Waals surface area contributed by atoms with Gasteiger partial charge in [-0.25, -0.2) is 9.18 Å². The maximum atomic E-state index is 13.2. The van der Waals surface area contributed by atoms with E-state index in [9.17, 15) is 14.0 Å². The summed E-state index contributed by atoms with van der Waals surface area (Å²) in [4.78, 5) is 25.5. The van der Waals surface area contributed by atoms with Crippen LogP contribution in [0.3, 0.4) is 0 Å². The zero-order valence-electron chi connectivity index (χ0n) is 14.6. The van der Waals surface area contributed by atoms with Crippen molar-refractivity contribution in [2.75, 3.05) is 38.7 Å². The number of urea groups is 1. The van der Waals surface area contributed by atoms with Crippen LogP contribution >= 0.6 is 0 Å². The number of piperidine rings is 1. The van der Waals surface area contributed by atoms with E-state index < -0.39 is 0 Å².